The summed E-state index contributed by atoms with van der Waals surface area (Å²) in [5, 5.41) is 2.02. The molecule has 104 valence electrons. The Kier molecular flexibility index (Phi) is 3.44. The fourth-order valence-electron chi connectivity index (χ4n) is 2.68. The summed E-state index contributed by atoms with van der Waals surface area (Å²) in [6, 6.07) is 5.65. The monoisotopic (exact) mass is 288 g/mol. The molecule has 1 atom stereocenters. The van der Waals surface area contributed by atoms with Crippen LogP contribution in [0.5, 0.6) is 0 Å². The number of aromatic nitrogens is 1. The number of likely N-dealkylation sites (tertiary alicyclic amines) is 1. The van der Waals surface area contributed by atoms with Gasteiger partial charge in [0, 0.05) is 29.4 Å². The summed E-state index contributed by atoms with van der Waals surface area (Å²) in [6.45, 7) is 2.52. The molecule has 1 aliphatic heterocycles. The highest BCUT2D eigenvalue weighted by molar-refractivity contribution is 7.10. The largest absolute Gasteiger partial charge is 0.364 e. The van der Waals surface area contributed by atoms with E-state index in [0.717, 1.165) is 18.5 Å². The van der Waals surface area contributed by atoms with E-state index in [2.05, 4.69) is 11.1 Å². The number of carbonyl (C=O) groups is 1. The quantitative estimate of drug-likeness (QED) is 0.923. The summed E-state index contributed by atoms with van der Waals surface area (Å²) in [6.07, 6.45) is 3.48. The van der Waals surface area contributed by atoms with E-state index < -0.39 is 0 Å². The van der Waals surface area contributed by atoms with Crippen LogP contribution < -0.4 is 5.43 Å². The van der Waals surface area contributed by atoms with Crippen LogP contribution in [-0.2, 0) is 0 Å². The van der Waals surface area contributed by atoms with Gasteiger partial charge in [0.05, 0.1) is 6.04 Å². The molecule has 5 heteroatoms. The minimum Gasteiger partial charge on any atom is -0.364 e. The minimum absolute atomic E-state index is 0.114. The third-order valence-corrected chi connectivity index (χ3v) is 4.65. The number of H-pyrrole nitrogens is 1. The third kappa shape index (κ3) is 2.29. The summed E-state index contributed by atoms with van der Waals surface area (Å²) in [7, 11) is 0. The van der Waals surface area contributed by atoms with E-state index in [1.807, 2.05) is 16.3 Å². The number of aryl methyl sites for hydroxylation is 1. The van der Waals surface area contributed by atoms with Crippen LogP contribution in [0.15, 0.2) is 34.6 Å². The lowest BCUT2D eigenvalue weighted by Crippen LogP contribution is -2.33. The molecule has 1 unspecified atom stereocenters. The Bertz CT molecular complexity index is 675. The first kappa shape index (κ1) is 13.1. The van der Waals surface area contributed by atoms with Crippen molar-refractivity contribution in [3.63, 3.8) is 0 Å². The summed E-state index contributed by atoms with van der Waals surface area (Å²) in [5.41, 5.74) is 0.796. The Morgan fingerprint density at radius 2 is 2.35 bits per heavy atom. The summed E-state index contributed by atoms with van der Waals surface area (Å²) in [4.78, 5) is 30.5. The molecule has 1 aliphatic rings. The average Bonchev–Trinajstić information content (AvgIpc) is 3.09. The number of nitrogens with zero attached hydrogens (tertiary/aromatic N) is 1. The maximum Gasteiger partial charge on any atom is 0.259 e. The molecule has 3 heterocycles. The highest BCUT2D eigenvalue weighted by atomic mass is 32.1. The fourth-order valence-corrected chi connectivity index (χ4v) is 3.56. The van der Waals surface area contributed by atoms with E-state index in [0.29, 0.717) is 6.54 Å². The van der Waals surface area contributed by atoms with E-state index in [1.54, 1.807) is 18.3 Å². The number of amides is 1. The van der Waals surface area contributed by atoms with E-state index in [9.17, 15) is 9.59 Å². The van der Waals surface area contributed by atoms with Crippen molar-refractivity contribution in [2.24, 2.45) is 0 Å². The van der Waals surface area contributed by atoms with Crippen LogP contribution in [0.2, 0.25) is 0 Å². The zero-order valence-corrected chi connectivity index (χ0v) is 12.1. The van der Waals surface area contributed by atoms with Crippen molar-refractivity contribution in [3.8, 4) is 0 Å². The normalized spacial score (nSPS) is 18.4. The zero-order valence-electron chi connectivity index (χ0n) is 11.3. The topological polar surface area (TPSA) is 53.2 Å². The lowest BCUT2D eigenvalue weighted by Gasteiger charge is -2.23. The molecule has 1 amide bonds. The molecular weight excluding hydrogens is 272 g/mol. The first-order valence-electron chi connectivity index (χ1n) is 6.70. The van der Waals surface area contributed by atoms with Gasteiger partial charge in [-0.1, -0.05) is 6.07 Å². The van der Waals surface area contributed by atoms with Crippen molar-refractivity contribution in [2.45, 2.75) is 25.8 Å². The van der Waals surface area contributed by atoms with Gasteiger partial charge >= 0.3 is 0 Å². The van der Waals surface area contributed by atoms with Gasteiger partial charge < -0.3 is 9.88 Å². The molecule has 1 N–H and O–H groups in total. The molecular formula is C15H16N2O2S. The van der Waals surface area contributed by atoms with Crippen LogP contribution in [0.1, 0.15) is 39.8 Å². The molecule has 1 saturated heterocycles. The maximum absolute atomic E-state index is 12.6. The molecule has 0 aliphatic carbocycles. The molecule has 2 aromatic heterocycles. The molecule has 0 spiro atoms. The van der Waals surface area contributed by atoms with Gasteiger partial charge in [-0.15, -0.1) is 11.3 Å². The number of hydrogen-bond donors (Lipinski definition) is 1. The summed E-state index contributed by atoms with van der Waals surface area (Å²) < 4.78 is 0. The van der Waals surface area contributed by atoms with Crippen LogP contribution in [-0.4, -0.2) is 22.3 Å². The SMILES string of the molecule is Cc1cc(=O)c(C(=O)N2CCCC2c2cccs2)c[nH]1. The predicted octanol–water partition coefficient (Wildman–Crippen LogP) is 2.72. The van der Waals surface area contributed by atoms with Crippen LogP contribution in [0.3, 0.4) is 0 Å². The lowest BCUT2D eigenvalue weighted by molar-refractivity contribution is 0.0736. The molecule has 0 radical (unpaired) electrons. The van der Waals surface area contributed by atoms with Gasteiger partial charge in [-0.05, 0) is 31.2 Å². The van der Waals surface area contributed by atoms with Gasteiger partial charge in [0.15, 0.2) is 5.43 Å². The molecule has 1 fully saturated rings. The zero-order chi connectivity index (χ0) is 14.1. The van der Waals surface area contributed by atoms with E-state index >= 15 is 0 Å². The summed E-state index contributed by atoms with van der Waals surface area (Å²) in [5.74, 6) is -0.165. The van der Waals surface area contributed by atoms with Gasteiger partial charge in [-0.2, -0.15) is 0 Å². The third-order valence-electron chi connectivity index (χ3n) is 3.67. The predicted molar refractivity (Wildman–Crippen MR) is 79.1 cm³/mol. The first-order valence-corrected chi connectivity index (χ1v) is 7.58. The van der Waals surface area contributed by atoms with Crippen molar-refractivity contribution in [1.29, 1.82) is 0 Å². The number of nitrogens with one attached hydrogen (secondary N) is 1. The second-order valence-corrected chi connectivity index (χ2v) is 6.05. The second kappa shape index (κ2) is 5.25. The molecule has 0 aromatic carbocycles. The molecule has 2 aromatic rings. The Labute approximate surface area is 121 Å². The van der Waals surface area contributed by atoms with Crippen LogP contribution in [0.4, 0.5) is 0 Å². The molecule has 0 saturated carbocycles. The van der Waals surface area contributed by atoms with Crippen LogP contribution >= 0.6 is 11.3 Å². The van der Waals surface area contributed by atoms with Crippen molar-refractivity contribution in [1.82, 2.24) is 9.88 Å². The van der Waals surface area contributed by atoms with Crippen molar-refractivity contribution in [2.75, 3.05) is 6.54 Å². The number of thiophene rings is 1. The Morgan fingerprint density at radius 3 is 3.05 bits per heavy atom. The number of hydrogen-bond acceptors (Lipinski definition) is 3. The number of pyridine rings is 1. The van der Waals surface area contributed by atoms with E-state index in [-0.39, 0.29) is 22.9 Å². The number of rotatable bonds is 2. The minimum atomic E-state index is -0.205. The summed E-state index contributed by atoms with van der Waals surface area (Å²) >= 11 is 1.66. The smallest absolute Gasteiger partial charge is 0.259 e. The van der Waals surface area contributed by atoms with Gasteiger partial charge in [0.1, 0.15) is 5.56 Å². The van der Waals surface area contributed by atoms with Crippen LogP contribution in [0, 0.1) is 6.92 Å². The molecule has 4 nitrogen and oxygen atoms in total. The van der Waals surface area contributed by atoms with Gasteiger partial charge in [-0.25, -0.2) is 0 Å². The highest BCUT2D eigenvalue weighted by Gasteiger charge is 2.32. The lowest BCUT2D eigenvalue weighted by atomic mass is 10.1. The van der Waals surface area contributed by atoms with E-state index in [1.165, 1.54) is 17.1 Å². The van der Waals surface area contributed by atoms with Crippen LogP contribution in [0.25, 0.3) is 0 Å². The van der Waals surface area contributed by atoms with Crippen molar-refractivity contribution < 1.29 is 4.79 Å². The van der Waals surface area contributed by atoms with Crippen molar-refractivity contribution in [3.05, 3.63) is 56.1 Å². The van der Waals surface area contributed by atoms with Crippen molar-refractivity contribution >= 4 is 17.2 Å². The van der Waals surface area contributed by atoms with Gasteiger partial charge in [-0.3, -0.25) is 9.59 Å². The number of carbonyl (C=O) groups excluding carboxylic acids is 1. The standard InChI is InChI=1S/C15H16N2O2S/c1-10-8-13(18)11(9-16-10)15(19)17-6-2-4-12(17)14-5-3-7-20-14/h3,5,7-9,12H,2,4,6H2,1H3,(H,16,18). The fraction of sp³-hybridized carbons (Fsp3) is 0.333. The second-order valence-electron chi connectivity index (χ2n) is 5.07. The van der Waals surface area contributed by atoms with Gasteiger partial charge in [0.25, 0.3) is 5.91 Å². The maximum atomic E-state index is 12.6. The Morgan fingerprint density at radius 1 is 1.50 bits per heavy atom. The number of aromatic amines is 1. The van der Waals surface area contributed by atoms with Gasteiger partial charge in [0.2, 0.25) is 0 Å². The Balaban J connectivity index is 1.91. The molecule has 0 bridgehead atoms. The van der Waals surface area contributed by atoms with E-state index in [4.69, 9.17) is 0 Å². The Hall–Kier alpha value is -1.88. The first-order chi connectivity index (χ1) is 9.66. The molecule has 3 rings (SSSR count). The highest BCUT2D eigenvalue weighted by Crippen LogP contribution is 2.35. The average molecular weight is 288 g/mol. The molecule has 20 heavy (non-hydrogen) atoms.